The summed E-state index contributed by atoms with van der Waals surface area (Å²) in [6.07, 6.45) is 2.75. The number of benzene rings is 2. The quantitative estimate of drug-likeness (QED) is 0.680. The molecule has 1 unspecified atom stereocenters. The molecule has 1 amide bonds. The average molecular weight is 405 g/mol. The van der Waals surface area contributed by atoms with Crippen molar-refractivity contribution in [2.45, 2.75) is 32.5 Å². The number of nitrogens with zero attached hydrogens (tertiary/aromatic N) is 2. The van der Waals surface area contributed by atoms with Crippen molar-refractivity contribution in [1.29, 1.82) is 0 Å². The molecule has 0 spiro atoms. The molecule has 0 aliphatic carbocycles. The molecule has 0 saturated heterocycles. The van der Waals surface area contributed by atoms with E-state index in [4.69, 9.17) is 9.47 Å². The van der Waals surface area contributed by atoms with Crippen LogP contribution in [0.25, 0.3) is 10.9 Å². The van der Waals surface area contributed by atoms with Gasteiger partial charge in [-0.05, 0) is 42.3 Å². The molecule has 30 heavy (non-hydrogen) atoms. The van der Waals surface area contributed by atoms with E-state index in [0.29, 0.717) is 26.2 Å². The summed E-state index contributed by atoms with van der Waals surface area (Å²) in [5.41, 5.74) is 2.98. The van der Waals surface area contributed by atoms with Gasteiger partial charge in [0, 0.05) is 36.8 Å². The second-order valence-corrected chi connectivity index (χ2v) is 7.60. The number of methoxy groups -OCH3 is 1. The second-order valence-electron chi connectivity index (χ2n) is 7.60. The van der Waals surface area contributed by atoms with E-state index < -0.39 is 0 Å². The van der Waals surface area contributed by atoms with E-state index in [1.54, 1.807) is 7.11 Å². The summed E-state index contributed by atoms with van der Waals surface area (Å²) in [5.74, 6) is 1.65. The van der Waals surface area contributed by atoms with Gasteiger partial charge in [-0.2, -0.15) is 0 Å². The van der Waals surface area contributed by atoms with E-state index in [2.05, 4.69) is 28.2 Å². The Hall–Kier alpha value is -3.12. The summed E-state index contributed by atoms with van der Waals surface area (Å²) in [6.45, 7) is 4.23. The summed E-state index contributed by atoms with van der Waals surface area (Å²) < 4.78 is 11.5. The molecule has 3 aromatic rings. The lowest BCUT2D eigenvalue weighted by Gasteiger charge is -2.22. The Morgan fingerprint density at radius 3 is 2.97 bits per heavy atom. The fourth-order valence-electron chi connectivity index (χ4n) is 3.74. The fourth-order valence-corrected chi connectivity index (χ4v) is 3.74. The van der Waals surface area contributed by atoms with Gasteiger partial charge in [0.25, 0.3) is 0 Å². The average Bonchev–Trinajstić information content (AvgIpc) is 2.95. The van der Waals surface area contributed by atoms with Crippen molar-refractivity contribution in [1.82, 2.24) is 15.2 Å². The number of nitrogens with one attached hydrogen (secondary N) is 1. The Morgan fingerprint density at radius 1 is 1.27 bits per heavy atom. The van der Waals surface area contributed by atoms with Crippen LogP contribution in [-0.2, 0) is 17.9 Å². The zero-order valence-electron chi connectivity index (χ0n) is 17.4. The maximum Gasteiger partial charge on any atom is 0.234 e. The van der Waals surface area contributed by atoms with E-state index >= 15 is 0 Å². The molecule has 1 aromatic heterocycles. The largest absolute Gasteiger partial charge is 0.497 e. The molecule has 1 atom stereocenters. The van der Waals surface area contributed by atoms with Crippen LogP contribution in [0.5, 0.6) is 11.5 Å². The van der Waals surface area contributed by atoms with Crippen molar-refractivity contribution in [3.63, 3.8) is 0 Å². The molecule has 0 bridgehead atoms. The first kappa shape index (κ1) is 20.2. The lowest BCUT2D eigenvalue weighted by atomic mass is 10.1. The molecule has 1 aliphatic heterocycles. The van der Waals surface area contributed by atoms with Crippen molar-refractivity contribution in [3.05, 3.63) is 65.9 Å². The summed E-state index contributed by atoms with van der Waals surface area (Å²) >= 11 is 0. The Labute approximate surface area is 176 Å². The monoisotopic (exact) mass is 405 g/mol. The Kier molecular flexibility index (Phi) is 6.14. The van der Waals surface area contributed by atoms with Crippen LogP contribution in [0.4, 0.5) is 0 Å². The van der Waals surface area contributed by atoms with Crippen LogP contribution in [0.3, 0.4) is 0 Å². The molecular weight excluding hydrogens is 378 g/mol. The number of rotatable bonds is 6. The fraction of sp³-hybridized carbons (Fsp3) is 0.333. The third-order valence-electron chi connectivity index (χ3n) is 5.38. The molecule has 0 saturated carbocycles. The number of para-hydroxylation sites is 1. The summed E-state index contributed by atoms with van der Waals surface area (Å²) in [7, 11) is 1.65. The van der Waals surface area contributed by atoms with Gasteiger partial charge in [-0.3, -0.25) is 14.7 Å². The molecule has 0 radical (unpaired) electrons. The minimum Gasteiger partial charge on any atom is -0.497 e. The predicted molar refractivity (Wildman–Crippen MR) is 117 cm³/mol. The molecule has 2 heterocycles. The van der Waals surface area contributed by atoms with Crippen molar-refractivity contribution in [2.75, 3.05) is 20.2 Å². The molecular formula is C24H27N3O3. The first-order valence-electron chi connectivity index (χ1n) is 10.3. The topological polar surface area (TPSA) is 63.7 Å². The number of amides is 1. The number of aromatic nitrogens is 1. The van der Waals surface area contributed by atoms with Crippen molar-refractivity contribution >= 4 is 16.8 Å². The standard InChI is InChI=1S/C24H27N3O3/c1-3-20-15-27(14-19-11-21(29-2)8-9-23(19)30-20)16-24(28)26-13-17-10-18-6-4-5-7-22(18)25-12-17/h4-12,20H,3,13-16H2,1-2H3,(H,26,28). The van der Waals surface area contributed by atoms with Crippen LogP contribution in [0.2, 0.25) is 0 Å². The molecule has 4 rings (SSSR count). The van der Waals surface area contributed by atoms with Gasteiger partial charge in [0.2, 0.25) is 5.91 Å². The molecule has 6 heteroatoms. The van der Waals surface area contributed by atoms with Gasteiger partial charge in [0.05, 0.1) is 19.2 Å². The summed E-state index contributed by atoms with van der Waals surface area (Å²) in [6, 6.07) is 15.9. The molecule has 0 fully saturated rings. The second kappa shape index (κ2) is 9.13. The van der Waals surface area contributed by atoms with Crippen LogP contribution < -0.4 is 14.8 Å². The highest BCUT2D eigenvalue weighted by Gasteiger charge is 2.23. The Morgan fingerprint density at radius 2 is 2.13 bits per heavy atom. The van der Waals surface area contributed by atoms with Crippen LogP contribution in [0.15, 0.2) is 54.7 Å². The van der Waals surface area contributed by atoms with Gasteiger partial charge in [-0.15, -0.1) is 0 Å². The maximum atomic E-state index is 12.7. The zero-order valence-corrected chi connectivity index (χ0v) is 17.4. The van der Waals surface area contributed by atoms with E-state index in [-0.39, 0.29) is 12.0 Å². The first-order chi connectivity index (χ1) is 14.6. The van der Waals surface area contributed by atoms with Crippen molar-refractivity contribution in [3.8, 4) is 11.5 Å². The van der Waals surface area contributed by atoms with E-state index in [9.17, 15) is 4.79 Å². The predicted octanol–water partition coefficient (Wildman–Crippen LogP) is 3.53. The maximum absolute atomic E-state index is 12.7. The lowest BCUT2D eigenvalue weighted by molar-refractivity contribution is -0.122. The van der Waals surface area contributed by atoms with E-state index in [1.807, 2.05) is 48.7 Å². The number of fused-ring (bicyclic) bond motifs is 2. The third kappa shape index (κ3) is 4.71. The minimum atomic E-state index is -0.00985. The molecule has 6 nitrogen and oxygen atoms in total. The van der Waals surface area contributed by atoms with Gasteiger partial charge < -0.3 is 14.8 Å². The molecule has 2 aromatic carbocycles. The zero-order chi connectivity index (χ0) is 20.9. The van der Waals surface area contributed by atoms with Gasteiger partial charge in [-0.1, -0.05) is 25.1 Å². The number of hydrogen-bond donors (Lipinski definition) is 1. The SMILES string of the molecule is CCC1CN(CC(=O)NCc2cnc3ccccc3c2)Cc2cc(OC)ccc2O1. The highest BCUT2D eigenvalue weighted by Crippen LogP contribution is 2.29. The molecule has 1 aliphatic rings. The van der Waals surface area contributed by atoms with Crippen LogP contribution in [-0.4, -0.2) is 42.1 Å². The highest BCUT2D eigenvalue weighted by atomic mass is 16.5. The Bertz CT molecular complexity index is 1040. The van der Waals surface area contributed by atoms with E-state index in [0.717, 1.165) is 39.9 Å². The summed E-state index contributed by atoms with van der Waals surface area (Å²) in [4.78, 5) is 19.2. The number of hydrogen-bond acceptors (Lipinski definition) is 5. The van der Waals surface area contributed by atoms with Crippen LogP contribution >= 0.6 is 0 Å². The number of carbonyl (C=O) groups is 1. The van der Waals surface area contributed by atoms with Gasteiger partial charge in [0.1, 0.15) is 17.6 Å². The van der Waals surface area contributed by atoms with Crippen LogP contribution in [0.1, 0.15) is 24.5 Å². The molecule has 156 valence electrons. The number of carbonyl (C=O) groups excluding carboxylic acids is 1. The van der Waals surface area contributed by atoms with Crippen molar-refractivity contribution < 1.29 is 14.3 Å². The third-order valence-corrected chi connectivity index (χ3v) is 5.38. The summed E-state index contributed by atoms with van der Waals surface area (Å²) in [5, 5.41) is 4.10. The van der Waals surface area contributed by atoms with Gasteiger partial charge in [-0.25, -0.2) is 0 Å². The first-order valence-corrected chi connectivity index (χ1v) is 10.3. The normalized spacial score (nSPS) is 16.4. The number of pyridine rings is 1. The lowest BCUT2D eigenvalue weighted by Crippen LogP contribution is -2.40. The van der Waals surface area contributed by atoms with Crippen LogP contribution in [0, 0.1) is 0 Å². The number of ether oxygens (including phenoxy) is 2. The van der Waals surface area contributed by atoms with E-state index in [1.165, 1.54) is 0 Å². The minimum absolute atomic E-state index is 0.00985. The van der Waals surface area contributed by atoms with Gasteiger partial charge in [0.15, 0.2) is 0 Å². The Balaban J connectivity index is 1.40. The van der Waals surface area contributed by atoms with Crippen molar-refractivity contribution in [2.24, 2.45) is 0 Å². The highest BCUT2D eigenvalue weighted by molar-refractivity contribution is 5.80. The molecule has 1 N–H and O–H groups in total. The van der Waals surface area contributed by atoms with Gasteiger partial charge >= 0.3 is 0 Å². The smallest absolute Gasteiger partial charge is 0.234 e.